The largest absolute Gasteiger partial charge is 0.490 e. The van der Waals surface area contributed by atoms with Crippen LogP contribution in [0.2, 0.25) is 0 Å². The Morgan fingerprint density at radius 1 is 0.594 bits per heavy atom. The topological polar surface area (TPSA) is 129 Å². The lowest BCUT2D eigenvalue weighted by Crippen LogP contribution is -2.34. The Hall–Kier alpha value is -2.54. The molecule has 0 radical (unpaired) electrons. The zero-order valence-corrected chi connectivity index (χ0v) is 18.8. The van der Waals surface area contributed by atoms with Crippen molar-refractivity contribution in [3.63, 3.8) is 0 Å². The van der Waals surface area contributed by atoms with Crippen LogP contribution in [-0.4, -0.2) is 56.4 Å². The van der Waals surface area contributed by atoms with Crippen LogP contribution in [0.4, 0.5) is 0 Å². The minimum Gasteiger partial charge on any atom is -0.490 e. The normalized spacial score (nSPS) is 16.1. The van der Waals surface area contributed by atoms with E-state index in [9.17, 15) is 16.8 Å². The fourth-order valence-electron chi connectivity index (χ4n) is 3.16. The predicted octanol–water partition coefficient (Wildman–Crippen LogP) is 1.27. The fraction of sp³-hybridized carbons (Fsp3) is 0.400. The summed E-state index contributed by atoms with van der Waals surface area (Å²) in [6.07, 6.45) is 1.41. The number of hydrogen-bond donors (Lipinski definition) is 2. The Morgan fingerprint density at radius 2 is 0.969 bits per heavy atom. The van der Waals surface area contributed by atoms with Gasteiger partial charge in [0, 0.05) is 38.1 Å². The highest BCUT2D eigenvalue weighted by atomic mass is 32.2. The summed E-state index contributed by atoms with van der Waals surface area (Å²) in [5.74, 6) is 1.70. The van der Waals surface area contributed by atoms with Crippen LogP contribution in [0.5, 0.6) is 23.0 Å². The van der Waals surface area contributed by atoms with E-state index in [1.54, 1.807) is 12.1 Å². The Bertz CT molecular complexity index is 1090. The van der Waals surface area contributed by atoms with Gasteiger partial charge in [-0.15, -0.1) is 0 Å². The SMILES string of the molecule is O=S(=O)(NCCNS(=O)(=O)c1ccc2c(c1)OCCCO2)c1ccc2c(c1)OCCCO2. The van der Waals surface area contributed by atoms with Crippen molar-refractivity contribution >= 4 is 20.0 Å². The standard InChI is InChI=1S/C20H24N2O8S2/c23-31(24,15-3-5-17-19(13-15)29-11-1-9-27-17)21-7-8-22-32(25,26)16-4-6-18-20(14-16)30-12-2-10-28-18/h3-6,13-14,21-22H,1-2,7-12H2. The van der Waals surface area contributed by atoms with Crippen LogP contribution in [0.1, 0.15) is 12.8 Å². The molecule has 0 aliphatic carbocycles. The second kappa shape index (κ2) is 9.53. The second-order valence-electron chi connectivity index (χ2n) is 7.11. The van der Waals surface area contributed by atoms with Gasteiger partial charge >= 0.3 is 0 Å². The van der Waals surface area contributed by atoms with Crippen LogP contribution < -0.4 is 28.4 Å². The van der Waals surface area contributed by atoms with Crippen LogP contribution in [0.15, 0.2) is 46.2 Å². The maximum atomic E-state index is 12.6. The Balaban J connectivity index is 1.36. The molecule has 2 aliphatic heterocycles. The Morgan fingerprint density at radius 3 is 1.38 bits per heavy atom. The van der Waals surface area contributed by atoms with Crippen molar-refractivity contribution in [3.05, 3.63) is 36.4 Å². The molecule has 2 aromatic rings. The van der Waals surface area contributed by atoms with E-state index in [0.717, 1.165) is 0 Å². The van der Waals surface area contributed by atoms with E-state index in [-0.39, 0.29) is 22.9 Å². The maximum absolute atomic E-state index is 12.6. The minimum absolute atomic E-state index is 0.00695. The average Bonchev–Trinajstić information content (AvgIpc) is 3.16. The van der Waals surface area contributed by atoms with Gasteiger partial charge in [0.1, 0.15) is 0 Å². The van der Waals surface area contributed by atoms with Gasteiger partial charge in [-0.3, -0.25) is 0 Å². The van der Waals surface area contributed by atoms with Crippen molar-refractivity contribution in [2.24, 2.45) is 0 Å². The van der Waals surface area contributed by atoms with Gasteiger partial charge in [-0.25, -0.2) is 26.3 Å². The van der Waals surface area contributed by atoms with E-state index in [1.807, 2.05) is 0 Å². The van der Waals surface area contributed by atoms with Gasteiger partial charge in [-0.05, 0) is 24.3 Å². The van der Waals surface area contributed by atoms with Gasteiger partial charge in [0.05, 0.1) is 36.2 Å². The Labute approximate surface area is 186 Å². The number of sulfonamides is 2. The summed E-state index contributed by atoms with van der Waals surface area (Å²) in [7, 11) is -7.72. The number of ether oxygens (including phenoxy) is 4. The van der Waals surface area contributed by atoms with Gasteiger partial charge in [-0.2, -0.15) is 0 Å². The van der Waals surface area contributed by atoms with E-state index >= 15 is 0 Å². The van der Waals surface area contributed by atoms with Crippen LogP contribution in [0.25, 0.3) is 0 Å². The summed E-state index contributed by atoms with van der Waals surface area (Å²) in [5, 5.41) is 0. The lowest BCUT2D eigenvalue weighted by Gasteiger charge is -2.12. The fourth-order valence-corrected chi connectivity index (χ4v) is 5.25. The monoisotopic (exact) mass is 484 g/mol. The molecule has 2 aromatic carbocycles. The molecule has 0 saturated carbocycles. The molecule has 4 rings (SSSR count). The van der Waals surface area contributed by atoms with E-state index in [4.69, 9.17) is 18.9 Å². The molecule has 10 nitrogen and oxygen atoms in total. The molecule has 0 aromatic heterocycles. The van der Waals surface area contributed by atoms with Crippen LogP contribution in [0.3, 0.4) is 0 Å². The Kier molecular flexibility index (Phi) is 6.74. The van der Waals surface area contributed by atoms with E-state index in [2.05, 4.69) is 9.44 Å². The first-order valence-corrected chi connectivity index (χ1v) is 13.1. The number of fused-ring (bicyclic) bond motifs is 2. The van der Waals surface area contributed by atoms with E-state index < -0.39 is 20.0 Å². The van der Waals surface area contributed by atoms with Gasteiger partial charge < -0.3 is 18.9 Å². The molecule has 12 heteroatoms. The molecular weight excluding hydrogens is 460 g/mol. The van der Waals surface area contributed by atoms with Crippen molar-refractivity contribution in [1.29, 1.82) is 0 Å². The first kappa shape index (κ1) is 22.6. The maximum Gasteiger partial charge on any atom is 0.240 e. The molecule has 0 spiro atoms. The molecule has 0 fully saturated rings. The number of hydrogen-bond acceptors (Lipinski definition) is 8. The van der Waals surface area contributed by atoms with Crippen molar-refractivity contribution in [1.82, 2.24) is 9.44 Å². The molecule has 0 amide bonds. The van der Waals surface area contributed by atoms with Crippen molar-refractivity contribution in [2.45, 2.75) is 22.6 Å². The molecule has 2 aliphatic rings. The molecule has 2 N–H and O–H groups in total. The predicted molar refractivity (Wildman–Crippen MR) is 114 cm³/mol. The lowest BCUT2D eigenvalue weighted by atomic mass is 10.3. The zero-order chi connectivity index (χ0) is 22.6. The summed E-state index contributed by atoms with van der Waals surface area (Å²) in [4.78, 5) is 0.0139. The number of rotatable bonds is 7. The molecule has 2 heterocycles. The van der Waals surface area contributed by atoms with Crippen molar-refractivity contribution in [3.8, 4) is 23.0 Å². The zero-order valence-electron chi connectivity index (χ0n) is 17.2. The second-order valence-corrected chi connectivity index (χ2v) is 10.6. The van der Waals surface area contributed by atoms with E-state index in [0.29, 0.717) is 62.3 Å². The quantitative estimate of drug-likeness (QED) is 0.562. The molecule has 0 saturated heterocycles. The van der Waals surface area contributed by atoms with Crippen LogP contribution in [0, 0.1) is 0 Å². The third-order valence-corrected chi connectivity index (χ3v) is 7.69. The van der Waals surface area contributed by atoms with Crippen LogP contribution in [-0.2, 0) is 20.0 Å². The van der Waals surface area contributed by atoms with Crippen molar-refractivity contribution in [2.75, 3.05) is 39.5 Å². The molecule has 0 bridgehead atoms. The third-order valence-electron chi connectivity index (χ3n) is 4.77. The van der Waals surface area contributed by atoms with E-state index in [1.165, 1.54) is 24.3 Å². The molecule has 0 atom stereocenters. The minimum atomic E-state index is -3.86. The van der Waals surface area contributed by atoms with Gasteiger partial charge in [0.2, 0.25) is 20.0 Å². The number of nitrogens with one attached hydrogen (secondary N) is 2. The third kappa shape index (κ3) is 5.26. The highest BCUT2D eigenvalue weighted by Gasteiger charge is 2.21. The summed E-state index contributed by atoms with van der Waals surface area (Å²) in [6.45, 7) is 1.60. The lowest BCUT2D eigenvalue weighted by molar-refractivity contribution is 0.296. The highest BCUT2D eigenvalue weighted by molar-refractivity contribution is 7.90. The summed E-state index contributed by atoms with van der Waals surface area (Å²) in [5.41, 5.74) is 0. The first-order valence-electron chi connectivity index (χ1n) is 10.1. The molecule has 32 heavy (non-hydrogen) atoms. The first-order chi connectivity index (χ1) is 15.4. The summed E-state index contributed by atoms with van der Waals surface area (Å²) < 4.78 is 77.1. The van der Waals surface area contributed by atoms with Crippen molar-refractivity contribution < 1.29 is 35.8 Å². The van der Waals surface area contributed by atoms with Gasteiger partial charge in [-0.1, -0.05) is 0 Å². The summed E-state index contributed by atoms with van der Waals surface area (Å²) >= 11 is 0. The molecule has 0 unspecified atom stereocenters. The molecule has 174 valence electrons. The summed E-state index contributed by atoms with van der Waals surface area (Å²) in [6, 6.07) is 8.70. The smallest absolute Gasteiger partial charge is 0.240 e. The highest BCUT2D eigenvalue weighted by Crippen LogP contribution is 2.32. The number of benzene rings is 2. The molecular formula is C20H24N2O8S2. The van der Waals surface area contributed by atoms with Gasteiger partial charge in [0.15, 0.2) is 23.0 Å². The van der Waals surface area contributed by atoms with Gasteiger partial charge in [0.25, 0.3) is 0 Å². The van der Waals surface area contributed by atoms with Crippen LogP contribution >= 0.6 is 0 Å². The average molecular weight is 485 g/mol.